The van der Waals surface area contributed by atoms with E-state index >= 15 is 0 Å². The molecule has 0 saturated carbocycles. The van der Waals surface area contributed by atoms with Gasteiger partial charge in [-0.15, -0.1) is 0 Å². The zero-order valence-corrected chi connectivity index (χ0v) is 80.9. The molecule has 1 fully saturated rings. The molecular weight excluding hydrogens is 1950 g/mol. The highest BCUT2D eigenvalue weighted by molar-refractivity contribution is 7.80. The molecular formula is C85H129N25O34S. The van der Waals surface area contributed by atoms with Gasteiger partial charge in [-0.3, -0.25) is 116 Å². The molecule has 0 aromatic heterocycles. The van der Waals surface area contributed by atoms with Gasteiger partial charge in [-0.25, -0.2) is 4.79 Å². The molecule has 0 radical (unpaired) electrons. The van der Waals surface area contributed by atoms with Gasteiger partial charge in [-0.05, 0) is 111 Å². The van der Waals surface area contributed by atoms with Gasteiger partial charge in [0, 0.05) is 38.1 Å². The number of thiol groups is 1. The lowest BCUT2D eigenvalue weighted by molar-refractivity contribution is -0.144. The Kier molecular flexibility index (Phi) is 52.2. The lowest BCUT2D eigenvalue weighted by Crippen LogP contribution is -2.63. The molecule has 0 unspecified atom stereocenters. The Hall–Kier alpha value is -15.1. The highest BCUT2D eigenvalue weighted by Crippen LogP contribution is 2.20. The van der Waals surface area contributed by atoms with Gasteiger partial charge >= 0.3 is 17.9 Å². The van der Waals surface area contributed by atoms with Crippen molar-refractivity contribution >= 4 is 161 Å². The number of aliphatic carboxylic acids is 3. The number of carbonyl (C=O) groups is 24. The second kappa shape index (κ2) is 61.0. The van der Waals surface area contributed by atoms with E-state index in [1.54, 1.807) is 30.3 Å². The van der Waals surface area contributed by atoms with Gasteiger partial charge in [0.05, 0.1) is 63.4 Å². The first kappa shape index (κ1) is 124. The number of phenolic OH excluding ortho intramolecular Hbond substituents is 1. The van der Waals surface area contributed by atoms with E-state index in [1.807, 2.05) is 21.3 Å². The van der Waals surface area contributed by atoms with Gasteiger partial charge in [0.2, 0.25) is 124 Å². The summed E-state index contributed by atoms with van der Waals surface area (Å²) in [5, 5.41) is 152. The van der Waals surface area contributed by atoms with Gasteiger partial charge in [0.25, 0.3) is 0 Å². The normalized spacial score (nSPS) is 16.6. The standard InChI is InChI=1S/C85H129N25O34S/c1-35(66(125)92-31-59(120)93-36(2)67(126)104-54(33-112)76(135)100-51(28-57(87)118)74(133)103-53(84(143)144)29-58(88)119)94-70(129)47(16-12-24-91-85(89)90)97-68(127)37(3)95-77(136)55(34-145)105-73(132)49(26-43-14-10-9-11-15-43)99-72(131)50(27-44-18-20-45(117)21-19-44)102-81(140)63(40(6)114)106-69(128)38(4)96-79(138)62(39(5)113)107-75(134)52(30-61(123)124)101-71(130)48(22-23-60(121)122)98-80(139)64(41(7)115)109-82(141)65(42(8)116)108-78(137)56-17-13-25-110(56)83(142)46(86)32-111/h9-11,14-15,18-21,35-42,46-56,62-65,111-117,145H,12-13,16-17,22-34,86H2,1-8H3,(H2,87,118)(H2,88,119)(H,92,125)(H,93,120)(H,94,129)(H,95,136)(H,96,138)(H,97,127)(H,98,139)(H,99,131)(H,100,135)(H,101,130)(H,102,140)(H,103,133)(H,104,126)(H,105,132)(H,106,128)(H,107,134)(H,108,137)(H,109,141)(H,121,122)(H,123,124)(H,143,144)(H4,89,90,91)/t35-,36-,37-,38-,39+,40+,41+,42+,46-,47-,48-,49-,50-,51-,52-,53-,54-,55-,56-,62-,63-,64-,65-/m0/s1. The fourth-order valence-corrected chi connectivity index (χ4v) is 13.8. The minimum Gasteiger partial charge on any atom is -0.508 e. The SMILES string of the molecule is C[C@H](NC(=O)CNC(=O)[C@H](C)NC(=O)[C@H](CCCNC(=N)N)NC(=O)[C@H](C)NC(=O)[C@H](CS)NC(=O)[C@H](Cc1ccccc1)NC(=O)[C@H](Cc1ccc(O)cc1)NC(=O)[C@@H](NC(=O)[C@H](C)NC(=O)[C@@H](NC(=O)[C@H](CC(=O)O)NC(=O)[C@H](CCC(=O)O)NC(=O)[C@@H](NC(=O)[C@@H](NC(=O)[C@@H]1CCCN1C(=O)[C@@H](N)CO)[C@@H](C)O)[C@@H](C)O)[C@@H](C)O)[C@@H](C)O)C(=O)N[C@@H](CO)C(=O)N[C@@H](CC(N)=O)C(=O)N[C@@H](CC(N)=O)C(=O)O. The number of primary amides is 2. The second-order valence-electron chi connectivity index (χ2n) is 33.8. The van der Waals surface area contributed by atoms with Crippen molar-refractivity contribution in [3.63, 3.8) is 0 Å². The maximum absolute atomic E-state index is 14.8. The summed E-state index contributed by atoms with van der Waals surface area (Å²) in [6.45, 7) is 5.56. The molecule has 60 heteroatoms. The zero-order chi connectivity index (χ0) is 110. The molecule has 1 aliphatic heterocycles. The number of nitrogens with two attached hydrogens (primary N) is 4. The fraction of sp³-hybridized carbons (Fsp3) is 0.565. The molecule has 1 saturated heterocycles. The van der Waals surface area contributed by atoms with Crippen molar-refractivity contribution in [2.45, 2.75) is 265 Å². The van der Waals surface area contributed by atoms with Crippen LogP contribution in [0, 0.1) is 5.41 Å². The van der Waals surface area contributed by atoms with Crippen LogP contribution in [0.1, 0.15) is 124 Å². The molecule has 804 valence electrons. The highest BCUT2D eigenvalue weighted by Gasteiger charge is 2.44. The van der Waals surface area contributed by atoms with E-state index < -0.39 is 351 Å². The number of guanidine groups is 1. The first-order valence-corrected chi connectivity index (χ1v) is 45.7. The predicted octanol–water partition coefficient (Wildman–Crippen LogP) is -16.2. The summed E-state index contributed by atoms with van der Waals surface area (Å²) in [6, 6.07) is -21.2. The van der Waals surface area contributed by atoms with Crippen molar-refractivity contribution in [1.82, 2.24) is 106 Å². The third kappa shape index (κ3) is 42.9. The quantitative estimate of drug-likeness (QED) is 0.0127. The number of benzene rings is 2. The molecule has 1 heterocycles. The summed E-state index contributed by atoms with van der Waals surface area (Å²) in [5.74, 6) is -31.6. The Bertz CT molecular complexity index is 4950. The average Bonchev–Trinajstić information content (AvgIpc) is 1.70. The number of aliphatic hydroxyl groups is 6. The van der Waals surface area contributed by atoms with Crippen molar-refractivity contribution in [1.29, 1.82) is 5.41 Å². The average molecular weight is 2080 g/mol. The van der Waals surface area contributed by atoms with Gasteiger partial charge in [-0.1, -0.05) is 42.5 Å². The van der Waals surface area contributed by atoms with Gasteiger partial charge in [-0.2, -0.15) is 12.6 Å². The van der Waals surface area contributed by atoms with Gasteiger partial charge in [0.15, 0.2) is 5.96 Å². The zero-order valence-electron chi connectivity index (χ0n) is 80.0. The monoisotopic (exact) mass is 2080 g/mol. The van der Waals surface area contributed by atoms with Crippen LogP contribution < -0.4 is 124 Å². The maximum Gasteiger partial charge on any atom is 0.326 e. The third-order valence-electron chi connectivity index (χ3n) is 21.6. The number of rotatable bonds is 62. The van der Waals surface area contributed by atoms with E-state index in [4.69, 9.17) is 28.3 Å². The fourth-order valence-electron chi connectivity index (χ4n) is 13.6. The van der Waals surface area contributed by atoms with Crippen LogP contribution in [0.2, 0.25) is 0 Å². The lowest BCUT2D eigenvalue weighted by atomic mass is 10.0. The summed E-state index contributed by atoms with van der Waals surface area (Å²) in [7, 11) is 0. The summed E-state index contributed by atoms with van der Waals surface area (Å²) < 4.78 is 0. The number of aliphatic hydroxyl groups excluding tert-OH is 6. The van der Waals surface area contributed by atoms with Gasteiger partial charge in [0.1, 0.15) is 121 Å². The lowest BCUT2D eigenvalue weighted by Gasteiger charge is -2.30. The molecule has 1 aliphatic rings. The number of phenols is 1. The maximum atomic E-state index is 14.8. The number of aromatic hydroxyl groups is 1. The van der Waals surface area contributed by atoms with Crippen LogP contribution in [0.25, 0.3) is 0 Å². The number of carbonyl (C=O) groups excluding carboxylic acids is 21. The highest BCUT2D eigenvalue weighted by atomic mass is 32.1. The number of carboxylic acids is 3. The van der Waals surface area contributed by atoms with Crippen molar-refractivity contribution in [3.8, 4) is 5.75 Å². The Morgan fingerprint density at radius 2 is 0.766 bits per heavy atom. The number of hydrogen-bond donors (Lipinski definition) is 35. The van der Waals surface area contributed by atoms with Crippen molar-refractivity contribution in [2.24, 2.45) is 22.9 Å². The van der Waals surface area contributed by atoms with E-state index in [0.29, 0.717) is 5.56 Å². The van der Waals surface area contributed by atoms with Crippen LogP contribution in [0.4, 0.5) is 0 Å². The van der Waals surface area contributed by atoms with E-state index in [9.17, 15) is 166 Å². The molecule has 2 aromatic carbocycles. The van der Waals surface area contributed by atoms with E-state index in [-0.39, 0.29) is 56.5 Å². The van der Waals surface area contributed by atoms with Crippen LogP contribution >= 0.6 is 12.6 Å². The molecule has 21 amide bonds. The first-order valence-electron chi connectivity index (χ1n) is 45.0. The molecule has 23 atom stereocenters. The van der Waals surface area contributed by atoms with Crippen LogP contribution in [-0.2, 0) is 128 Å². The number of carboxylic acid groups (broad SMARTS) is 3. The minimum atomic E-state index is -2.28. The topological polar surface area (TPSA) is 972 Å². The molecule has 38 N–H and O–H groups in total. The molecule has 0 spiro atoms. The number of amides is 21. The predicted molar refractivity (Wildman–Crippen MR) is 501 cm³/mol. The largest absolute Gasteiger partial charge is 0.508 e. The van der Waals surface area contributed by atoms with Crippen LogP contribution in [-0.4, -0.2) is 382 Å². The number of nitrogens with one attached hydrogen (secondary N) is 20. The summed E-state index contributed by atoms with van der Waals surface area (Å²) >= 11 is 4.25. The van der Waals surface area contributed by atoms with Crippen molar-refractivity contribution in [2.75, 3.05) is 38.6 Å². The number of nitrogens with zero attached hydrogens (tertiary/aromatic N) is 1. The van der Waals surface area contributed by atoms with E-state index in [2.05, 4.69) is 92.4 Å². The first-order chi connectivity index (χ1) is 67.8. The van der Waals surface area contributed by atoms with Crippen molar-refractivity contribution in [3.05, 3.63) is 65.7 Å². The van der Waals surface area contributed by atoms with E-state index in [1.165, 1.54) is 24.3 Å². The van der Waals surface area contributed by atoms with Crippen LogP contribution in [0.5, 0.6) is 5.75 Å². The Balaban J connectivity index is 1.82. The smallest absolute Gasteiger partial charge is 0.326 e. The molecule has 2 aromatic rings. The molecule has 59 nitrogen and oxygen atoms in total. The van der Waals surface area contributed by atoms with Gasteiger partial charge < -0.3 is 180 Å². The number of likely N-dealkylation sites (tertiary alicyclic amines) is 1. The molecule has 0 bridgehead atoms. The van der Waals surface area contributed by atoms with E-state index in [0.717, 1.165) is 60.3 Å². The Morgan fingerprint density at radius 3 is 1.25 bits per heavy atom. The summed E-state index contributed by atoms with van der Waals surface area (Å²) in [5.41, 5.74) is 21.9. The number of hydrogen-bond acceptors (Lipinski definition) is 34. The minimum absolute atomic E-state index is 0.00672. The van der Waals surface area contributed by atoms with Crippen LogP contribution in [0.15, 0.2) is 54.6 Å². The molecule has 145 heavy (non-hydrogen) atoms. The Labute approximate surface area is 832 Å². The van der Waals surface area contributed by atoms with Crippen molar-refractivity contribution < 1.29 is 166 Å². The third-order valence-corrected chi connectivity index (χ3v) is 21.9. The molecule has 3 rings (SSSR count). The summed E-state index contributed by atoms with van der Waals surface area (Å²) in [4.78, 5) is 321. The summed E-state index contributed by atoms with van der Waals surface area (Å²) in [6.07, 6.45) is -13.2. The van der Waals surface area contributed by atoms with Crippen LogP contribution in [0.3, 0.4) is 0 Å². The second-order valence-corrected chi connectivity index (χ2v) is 34.1. The Morgan fingerprint density at radius 1 is 0.400 bits per heavy atom. The molecule has 0 aliphatic carbocycles.